The van der Waals surface area contributed by atoms with Gasteiger partial charge in [0.1, 0.15) is 5.69 Å². The van der Waals surface area contributed by atoms with E-state index in [9.17, 15) is 4.79 Å². The lowest BCUT2D eigenvalue weighted by Gasteiger charge is -2.17. The van der Waals surface area contributed by atoms with E-state index in [1.807, 2.05) is 6.07 Å². The van der Waals surface area contributed by atoms with Gasteiger partial charge in [0, 0.05) is 5.69 Å². The van der Waals surface area contributed by atoms with E-state index in [0.29, 0.717) is 23.2 Å². The molecule has 5 heteroatoms. The molecule has 3 N–H and O–H groups in total. The first-order valence-corrected chi connectivity index (χ1v) is 7.55. The van der Waals surface area contributed by atoms with E-state index in [0.717, 1.165) is 11.3 Å². The number of nitrogens with two attached hydrogens (primary N) is 1. The van der Waals surface area contributed by atoms with Gasteiger partial charge in [-0.05, 0) is 41.2 Å². The number of pyridine rings is 1. The maximum atomic E-state index is 12.3. The summed E-state index contributed by atoms with van der Waals surface area (Å²) < 4.78 is 0. The third-order valence-corrected chi connectivity index (χ3v) is 3.63. The van der Waals surface area contributed by atoms with Gasteiger partial charge >= 0.3 is 0 Å². The molecular formula is C18H24ClN3O. The Bertz CT molecular complexity index is 666. The minimum atomic E-state index is -0.223. The predicted octanol–water partition coefficient (Wildman–Crippen LogP) is 4.58. The lowest BCUT2D eigenvalue weighted by molar-refractivity contribution is 0.102. The molecule has 0 aliphatic heterocycles. The first kappa shape index (κ1) is 19.0. The zero-order valence-electron chi connectivity index (χ0n) is 14.0. The van der Waals surface area contributed by atoms with Crippen LogP contribution in [-0.2, 0) is 0 Å². The Morgan fingerprint density at radius 1 is 1.09 bits per heavy atom. The Morgan fingerprint density at radius 3 is 2.30 bits per heavy atom. The van der Waals surface area contributed by atoms with Crippen LogP contribution < -0.4 is 11.1 Å². The monoisotopic (exact) mass is 333 g/mol. The summed E-state index contributed by atoms with van der Waals surface area (Å²) >= 11 is 0. The second kappa shape index (κ2) is 7.97. The van der Waals surface area contributed by atoms with Crippen LogP contribution in [0.2, 0.25) is 0 Å². The molecule has 1 aromatic heterocycles. The molecule has 0 atom stereocenters. The zero-order chi connectivity index (χ0) is 16.3. The minimum absolute atomic E-state index is 0. The SMILES string of the molecule is CC(C)c1ccc(NC(=O)c2ccc(N)cn2)c(C(C)C)c1.Cl. The molecule has 0 saturated carbocycles. The summed E-state index contributed by atoms with van der Waals surface area (Å²) in [6.45, 7) is 8.57. The van der Waals surface area contributed by atoms with Crippen molar-refractivity contribution in [2.24, 2.45) is 0 Å². The number of anilines is 2. The van der Waals surface area contributed by atoms with E-state index >= 15 is 0 Å². The highest BCUT2D eigenvalue weighted by Crippen LogP contribution is 2.28. The Kier molecular flexibility index (Phi) is 6.58. The number of amides is 1. The van der Waals surface area contributed by atoms with E-state index < -0.39 is 0 Å². The van der Waals surface area contributed by atoms with E-state index in [1.54, 1.807) is 12.1 Å². The Hall–Kier alpha value is -2.07. The normalized spacial score (nSPS) is 10.5. The standard InChI is InChI=1S/C18H23N3O.ClH/c1-11(2)13-5-7-16(15(9-13)12(3)4)21-18(22)17-8-6-14(19)10-20-17;/h5-12H,19H2,1-4H3,(H,21,22);1H. The van der Waals surface area contributed by atoms with Crippen molar-refractivity contribution >= 4 is 29.7 Å². The van der Waals surface area contributed by atoms with Gasteiger partial charge in [-0.25, -0.2) is 4.98 Å². The molecule has 0 radical (unpaired) electrons. The molecule has 0 aliphatic rings. The third-order valence-electron chi connectivity index (χ3n) is 3.63. The molecule has 1 heterocycles. The summed E-state index contributed by atoms with van der Waals surface area (Å²) in [5, 5.41) is 2.95. The van der Waals surface area contributed by atoms with Gasteiger partial charge in [0.15, 0.2) is 0 Å². The molecular weight excluding hydrogens is 310 g/mol. The summed E-state index contributed by atoms with van der Waals surface area (Å²) in [4.78, 5) is 16.4. The van der Waals surface area contributed by atoms with Crippen molar-refractivity contribution in [3.63, 3.8) is 0 Å². The fraction of sp³-hybridized carbons (Fsp3) is 0.333. The molecule has 23 heavy (non-hydrogen) atoms. The van der Waals surface area contributed by atoms with E-state index in [4.69, 9.17) is 5.73 Å². The molecule has 0 fully saturated rings. The molecule has 0 bridgehead atoms. The second-order valence-electron chi connectivity index (χ2n) is 6.09. The van der Waals surface area contributed by atoms with Crippen molar-refractivity contribution in [1.29, 1.82) is 0 Å². The molecule has 0 spiro atoms. The van der Waals surface area contributed by atoms with Gasteiger partial charge in [-0.2, -0.15) is 0 Å². The van der Waals surface area contributed by atoms with Crippen LogP contribution in [0.25, 0.3) is 0 Å². The number of rotatable bonds is 4. The fourth-order valence-electron chi connectivity index (χ4n) is 2.26. The number of halogens is 1. The van der Waals surface area contributed by atoms with Crippen LogP contribution in [0.3, 0.4) is 0 Å². The second-order valence-corrected chi connectivity index (χ2v) is 6.09. The van der Waals surface area contributed by atoms with Crippen LogP contribution in [0.5, 0.6) is 0 Å². The van der Waals surface area contributed by atoms with Crippen LogP contribution in [0.4, 0.5) is 11.4 Å². The molecule has 2 rings (SSSR count). The van der Waals surface area contributed by atoms with Gasteiger partial charge < -0.3 is 11.1 Å². The van der Waals surface area contributed by atoms with Crippen LogP contribution in [0, 0.1) is 0 Å². The van der Waals surface area contributed by atoms with Crippen molar-refractivity contribution in [2.75, 3.05) is 11.1 Å². The van der Waals surface area contributed by atoms with Gasteiger partial charge in [0.05, 0.1) is 11.9 Å². The number of nitrogens with zero attached hydrogens (tertiary/aromatic N) is 1. The van der Waals surface area contributed by atoms with E-state index in [1.165, 1.54) is 11.8 Å². The smallest absolute Gasteiger partial charge is 0.274 e. The summed E-state index contributed by atoms with van der Waals surface area (Å²) in [5.41, 5.74) is 9.74. The highest BCUT2D eigenvalue weighted by molar-refractivity contribution is 6.03. The lowest BCUT2D eigenvalue weighted by Crippen LogP contribution is -2.15. The summed E-state index contributed by atoms with van der Waals surface area (Å²) in [7, 11) is 0. The van der Waals surface area contributed by atoms with E-state index in [2.05, 4.69) is 50.1 Å². The molecule has 0 unspecified atom stereocenters. The molecule has 0 aliphatic carbocycles. The number of benzene rings is 1. The fourth-order valence-corrected chi connectivity index (χ4v) is 2.26. The molecule has 1 amide bonds. The largest absolute Gasteiger partial charge is 0.397 e. The first-order valence-electron chi connectivity index (χ1n) is 7.55. The first-order chi connectivity index (χ1) is 10.4. The van der Waals surface area contributed by atoms with Gasteiger partial charge in [-0.15, -0.1) is 12.4 Å². The number of hydrogen-bond donors (Lipinski definition) is 2. The van der Waals surface area contributed by atoms with Crippen molar-refractivity contribution in [2.45, 2.75) is 39.5 Å². The van der Waals surface area contributed by atoms with Crippen molar-refractivity contribution in [1.82, 2.24) is 4.98 Å². The van der Waals surface area contributed by atoms with Gasteiger partial charge in [-0.3, -0.25) is 4.79 Å². The summed E-state index contributed by atoms with van der Waals surface area (Å²) in [5.74, 6) is 0.564. The Morgan fingerprint density at radius 2 is 1.78 bits per heavy atom. The zero-order valence-corrected chi connectivity index (χ0v) is 14.8. The number of hydrogen-bond acceptors (Lipinski definition) is 3. The van der Waals surface area contributed by atoms with Crippen molar-refractivity contribution < 1.29 is 4.79 Å². The average molecular weight is 334 g/mol. The quantitative estimate of drug-likeness (QED) is 0.860. The third kappa shape index (κ3) is 4.70. The van der Waals surface area contributed by atoms with Crippen LogP contribution >= 0.6 is 12.4 Å². The Labute approximate surface area is 143 Å². The lowest BCUT2D eigenvalue weighted by atomic mass is 9.94. The van der Waals surface area contributed by atoms with Gasteiger partial charge in [0.2, 0.25) is 0 Å². The molecule has 124 valence electrons. The Balaban J connectivity index is 0.00000264. The average Bonchev–Trinajstić information content (AvgIpc) is 2.47. The van der Waals surface area contributed by atoms with E-state index in [-0.39, 0.29) is 18.3 Å². The van der Waals surface area contributed by atoms with Crippen LogP contribution in [-0.4, -0.2) is 10.9 Å². The maximum Gasteiger partial charge on any atom is 0.274 e. The van der Waals surface area contributed by atoms with Crippen LogP contribution in [0.1, 0.15) is 61.1 Å². The molecule has 4 nitrogen and oxygen atoms in total. The van der Waals surface area contributed by atoms with Gasteiger partial charge in [0.25, 0.3) is 5.91 Å². The minimum Gasteiger partial charge on any atom is -0.397 e. The maximum absolute atomic E-state index is 12.3. The number of nitrogens with one attached hydrogen (secondary N) is 1. The predicted molar refractivity (Wildman–Crippen MR) is 98.5 cm³/mol. The number of aromatic nitrogens is 1. The molecule has 2 aromatic rings. The molecule has 1 aromatic carbocycles. The topological polar surface area (TPSA) is 68.0 Å². The number of carbonyl (C=O) groups excluding carboxylic acids is 1. The van der Waals surface area contributed by atoms with Crippen molar-refractivity contribution in [3.05, 3.63) is 53.3 Å². The highest BCUT2D eigenvalue weighted by Gasteiger charge is 2.13. The van der Waals surface area contributed by atoms with Gasteiger partial charge in [-0.1, -0.05) is 39.8 Å². The highest BCUT2D eigenvalue weighted by atomic mass is 35.5. The van der Waals surface area contributed by atoms with Crippen molar-refractivity contribution in [3.8, 4) is 0 Å². The molecule has 0 saturated heterocycles. The number of nitrogen functional groups attached to an aromatic ring is 1. The summed E-state index contributed by atoms with van der Waals surface area (Å²) in [6, 6.07) is 9.50. The summed E-state index contributed by atoms with van der Waals surface area (Å²) in [6.07, 6.45) is 1.49. The number of carbonyl (C=O) groups is 1. The van der Waals surface area contributed by atoms with Crippen LogP contribution in [0.15, 0.2) is 36.5 Å².